The number of hydrogen-bond donors (Lipinski definition) is 2. The van der Waals surface area contributed by atoms with Gasteiger partial charge in [0.05, 0.1) is 11.4 Å². The summed E-state index contributed by atoms with van der Waals surface area (Å²) in [4.78, 5) is 24.2. The second-order valence-corrected chi connectivity index (χ2v) is 5.31. The second kappa shape index (κ2) is 6.19. The fourth-order valence-corrected chi connectivity index (χ4v) is 2.48. The topological polar surface area (TPSA) is 74.8 Å². The van der Waals surface area contributed by atoms with Gasteiger partial charge in [-0.1, -0.05) is 24.3 Å². The van der Waals surface area contributed by atoms with Gasteiger partial charge in [-0.15, -0.1) is 0 Å². The lowest BCUT2D eigenvalue weighted by Gasteiger charge is -2.15. The number of hydrogen-bond acceptors (Lipinski definition) is 3. The van der Waals surface area contributed by atoms with E-state index >= 15 is 0 Å². The normalized spacial score (nSPS) is 12.1. The Labute approximate surface area is 135 Å². The molecule has 1 atom stereocenters. The number of aromatic nitrogens is 2. The molecule has 0 bridgehead atoms. The molecule has 122 valence electrons. The number of benzene rings is 2. The predicted octanol–water partition coefficient (Wildman–Crippen LogP) is 2.69. The zero-order valence-corrected chi connectivity index (χ0v) is 12.6. The van der Waals surface area contributed by atoms with E-state index < -0.39 is 29.1 Å². The van der Waals surface area contributed by atoms with Crippen molar-refractivity contribution in [2.24, 2.45) is 0 Å². The summed E-state index contributed by atoms with van der Waals surface area (Å²) in [5, 5.41) is 9.38. The fraction of sp³-hybridized carbons (Fsp3) is 0.118. The van der Waals surface area contributed by atoms with Gasteiger partial charge in [-0.3, -0.25) is 9.59 Å². The lowest BCUT2D eigenvalue weighted by atomic mass is 10.1. The molecule has 1 unspecified atom stereocenters. The molecular weight excluding hydrogens is 316 g/mol. The zero-order chi connectivity index (χ0) is 17.3. The summed E-state index contributed by atoms with van der Waals surface area (Å²) in [6, 6.07) is 8.99. The van der Waals surface area contributed by atoms with Crippen molar-refractivity contribution in [2.45, 2.75) is 13.0 Å². The Balaban J connectivity index is 1.93. The maximum absolute atomic E-state index is 13.8. The van der Waals surface area contributed by atoms with Crippen LogP contribution in [0.25, 0.3) is 10.8 Å². The average Bonchev–Trinajstić information content (AvgIpc) is 2.55. The standard InChI is InChI=1S/C17H13F2N3O2/c1-9(11-7-6-10(18)8-14(11)19)20-17(24)15-12-4-2-3-5-13(12)16(23)22-21-15/h2-9H,1H3,(H,20,24)(H,22,23). The molecule has 0 aliphatic rings. The van der Waals surface area contributed by atoms with Gasteiger partial charge in [-0.2, -0.15) is 5.10 Å². The second-order valence-electron chi connectivity index (χ2n) is 5.31. The largest absolute Gasteiger partial charge is 0.344 e. The molecule has 7 heteroatoms. The van der Waals surface area contributed by atoms with Crippen molar-refractivity contribution >= 4 is 16.7 Å². The highest BCUT2D eigenvalue weighted by atomic mass is 19.1. The molecule has 0 radical (unpaired) electrons. The molecule has 3 aromatic rings. The summed E-state index contributed by atoms with van der Waals surface area (Å²) < 4.78 is 26.8. The molecule has 5 nitrogen and oxygen atoms in total. The van der Waals surface area contributed by atoms with Crippen LogP contribution in [-0.4, -0.2) is 16.1 Å². The van der Waals surface area contributed by atoms with Gasteiger partial charge in [0.25, 0.3) is 11.5 Å². The number of carbonyl (C=O) groups excluding carboxylic acids is 1. The minimum Gasteiger partial charge on any atom is -0.344 e. The van der Waals surface area contributed by atoms with Crippen LogP contribution >= 0.6 is 0 Å². The Morgan fingerprint density at radius 1 is 1.17 bits per heavy atom. The lowest BCUT2D eigenvalue weighted by molar-refractivity contribution is 0.0935. The van der Waals surface area contributed by atoms with Crippen molar-refractivity contribution in [1.29, 1.82) is 0 Å². The first-order valence-corrected chi connectivity index (χ1v) is 7.20. The summed E-state index contributed by atoms with van der Waals surface area (Å²) >= 11 is 0. The van der Waals surface area contributed by atoms with Crippen molar-refractivity contribution in [2.75, 3.05) is 0 Å². The third-order valence-corrected chi connectivity index (χ3v) is 3.69. The third-order valence-electron chi connectivity index (χ3n) is 3.69. The average molecular weight is 329 g/mol. The van der Waals surface area contributed by atoms with E-state index in [2.05, 4.69) is 15.5 Å². The van der Waals surface area contributed by atoms with Gasteiger partial charge in [0.2, 0.25) is 0 Å². The fourth-order valence-electron chi connectivity index (χ4n) is 2.48. The van der Waals surface area contributed by atoms with Crippen LogP contribution in [0.4, 0.5) is 8.78 Å². The van der Waals surface area contributed by atoms with Crippen molar-refractivity contribution in [3.05, 3.63) is 75.7 Å². The first-order valence-electron chi connectivity index (χ1n) is 7.20. The van der Waals surface area contributed by atoms with Gasteiger partial charge in [-0.05, 0) is 19.1 Å². The van der Waals surface area contributed by atoms with Crippen molar-refractivity contribution < 1.29 is 13.6 Å². The number of aromatic amines is 1. The molecule has 0 fully saturated rings. The van der Waals surface area contributed by atoms with Crippen molar-refractivity contribution in [1.82, 2.24) is 15.5 Å². The Hall–Kier alpha value is -3.09. The lowest BCUT2D eigenvalue weighted by Crippen LogP contribution is -2.29. The van der Waals surface area contributed by atoms with E-state index in [1.165, 1.54) is 6.07 Å². The summed E-state index contributed by atoms with van der Waals surface area (Å²) in [6.07, 6.45) is 0. The van der Waals surface area contributed by atoms with Crippen LogP contribution in [0.3, 0.4) is 0 Å². The molecule has 1 aromatic heterocycles. The smallest absolute Gasteiger partial charge is 0.272 e. The molecule has 0 saturated carbocycles. The molecule has 3 rings (SSSR count). The Kier molecular flexibility index (Phi) is 4.07. The number of fused-ring (bicyclic) bond motifs is 1. The summed E-state index contributed by atoms with van der Waals surface area (Å²) in [5.41, 5.74) is -0.224. The molecule has 2 aromatic carbocycles. The molecule has 1 amide bonds. The molecule has 1 heterocycles. The minimum absolute atomic E-state index is 0.0274. The van der Waals surface area contributed by atoms with Gasteiger partial charge < -0.3 is 5.32 Å². The number of nitrogens with zero attached hydrogens (tertiary/aromatic N) is 1. The van der Waals surface area contributed by atoms with E-state index in [4.69, 9.17) is 0 Å². The van der Waals surface area contributed by atoms with Crippen LogP contribution in [0.1, 0.15) is 29.0 Å². The zero-order valence-electron chi connectivity index (χ0n) is 12.6. The monoisotopic (exact) mass is 329 g/mol. The van der Waals surface area contributed by atoms with Gasteiger partial charge in [-0.25, -0.2) is 13.9 Å². The Bertz CT molecular complexity index is 985. The van der Waals surface area contributed by atoms with E-state index in [0.29, 0.717) is 10.8 Å². The van der Waals surface area contributed by atoms with Crippen LogP contribution in [0.5, 0.6) is 0 Å². The molecule has 24 heavy (non-hydrogen) atoms. The van der Waals surface area contributed by atoms with Crippen LogP contribution in [-0.2, 0) is 0 Å². The quantitative estimate of drug-likeness (QED) is 0.776. The number of H-pyrrole nitrogens is 1. The molecule has 0 aliphatic carbocycles. The number of halogens is 2. The maximum atomic E-state index is 13.8. The first-order chi connectivity index (χ1) is 11.5. The van der Waals surface area contributed by atoms with Gasteiger partial charge in [0, 0.05) is 17.0 Å². The number of rotatable bonds is 3. The van der Waals surface area contributed by atoms with Crippen LogP contribution < -0.4 is 10.9 Å². The Morgan fingerprint density at radius 2 is 1.88 bits per heavy atom. The van der Waals surface area contributed by atoms with Crippen LogP contribution in [0.2, 0.25) is 0 Å². The summed E-state index contributed by atoms with van der Waals surface area (Å²) in [7, 11) is 0. The molecular formula is C17H13F2N3O2. The molecule has 0 saturated heterocycles. The molecule has 0 aliphatic heterocycles. The van der Waals surface area contributed by atoms with Gasteiger partial charge in [0.1, 0.15) is 11.6 Å². The summed E-state index contributed by atoms with van der Waals surface area (Å²) in [5.74, 6) is -2.01. The summed E-state index contributed by atoms with van der Waals surface area (Å²) in [6.45, 7) is 1.57. The predicted molar refractivity (Wildman–Crippen MR) is 84.6 cm³/mol. The number of nitrogens with one attached hydrogen (secondary N) is 2. The van der Waals surface area contributed by atoms with E-state index in [0.717, 1.165) is 12.1 Å². The maximum Gasteiger partial charge on any atom is 0.272 e. The van der Waals surface area contributed by atoms with Crippen LogP contribution in [0.15, 0.2) is 47.3 Å². The minimum atomic E-state index is -0.748. The van der Waals surface area contributed by atoms with E-state index in [9.17, 15) is 18.4 Å². The van der Waals surface area contributed by atoms with Gasteiger partial charge in [0.15, 0.2) is 5.69 Å². The van der Waals surface area contributed by atoms with E-state index in [1.54, 1.807) is 31.2 Å². The van der Waals surface area contributed by atoms with E-state index in [1.807, 2.05) is 0 Å². The Morgan fingerprint density at radius 3 is 2.58 bits per heavy atom. The number of carbonyl (C=O) groups is 1. The highest BCUT2D eigenvalue weighted by molar-refractivity contribution is 6.04. The van der Waals surface area contributed by atoms with Crippen molar-refractivity contribution in [3.63, 3.8) is 0 Å². The van der Waals surface area contributed by atoms with E-state index in [-0.39, 0.29) is 11.3 Å². The third kappa shape index (κ3) is 2.88. The highest BCUT2D eigenvalue weighted by Crippen LogP contribution is 2.19. The van der Waals surface area contributed by atoms with Crippen LogP contribution in [0, 0.1) is 11.6 Å². The SMILES string of the molecule is CC(NC(=O)c1n[nH]c(=O)c2ccccc12)c1ccc(F)cc1F. The number of amides is 1. The highest BCUT2D eigenvalue weighted by Gasteiger charge is 2.18. The van der Waals surface area contributed by atoms with Gasteiger partial charge >= 0.3 is 0 Å². The molecule has 0 spiro atoms. The molecule has 2 N–H and O–H groups in total. The first kappa shape index (κ1) is 15.8. The van der Waals surface area contributed by atoms with Crippen molar-refractivity contribution in [3.8, 4) is 0 Å².